The van der Waals surface area contributed by atoms with E-state index in [2.05, 4.69) is 4.98 Å². The molecule has 0 spiro atoms. The van der Waals surface area contributed by atoms with Crippen molar-refractivity contribution in [2.75, 3.05) is 0 Å². The predicted molar refractivity (Wildman–Crippen MR) is 76.0 cm³/mol. The number of rotatable bonds is 2. The summed E-state index contributed by atoms with van der Waals surface area (Å²) in [5.74, 6) is 0.123. The van der Waals surface area contributed by atoms with Crippen molar-refractivity contribution in [3.63, 3.8) is 0 Å². The third kappa shape index (κ3) is 2.26. The number of fused-ring (bicyclic) bond motifs is 1. The molecule has 1 aliphatic carbocycles. The number of pyridine rings is 1. The van der Waals surface area contributed by atoms with Crippen LogP contribution in [0.1, 0.15) is 36.0 Å². The van der Waals surface area contributed by atoms with Crippen LogP contribution in [0.15, 0.2) is 36.5 Å². The fraction of sp³-hybridized carbons (Fsp3) is 0.375. The fourth-order valence-electron chi connectivity index (χ4n) is 2.99. The Hall–Kier alpha value is -1.74. The van der Waals surface area contributed by atoms with Gasteiger partial charge in [0.2, 0.25) is 0 Å². The van der Waals surface area contributed by atoms with Crippen LogP contribution in [0.3, 0.4) is 0 Å². The third-order valence-electron chi connectivity index (χ3n) is 4.05. The highest BCUT2D eigenvalue weighted by Crippen LogP contribution is 2.28. The maximum atomic E-state index is 12.7. The summed E-state index contributed by atoms with van der Waals surface area (Å²) in [5, 5.41) is 1.01. The lowest BCUT2D eigenvalue weighted by Crippen LogP contribution is -2.38. The van der Waals surface area contributed by atoms with Gasteiger partial charge in [-0.3, -0.25) is 9.78 Å². The minimum atomic E-state index is -0.0404. The Morgan fingerprint density at radius 3 is 2.79 bits per heavy atom. The Morgan fingerprint density at radius 1 is 1.16 bits per heavy atom. The highest BCUT2D eigenvalue weighted by molar-refractivity contribution is 6.07. The first kappa shape index (κ1) is 12.3. The van der Waals surface area contributed by atoms with E-state index in [1.807, 2.05) is 30.3 Å². The number of ketones is 1. The normalized spacial score (nSPS) is 23.4. The molecule has 1 aromatic heterocycles. The molecule has 1 heterocycles. The lowest BCUT2D eigenvalue weighted by molar-refractivity contribution is 0.0872. The van der Waals surface area contributed by atoms with Crippen LogP contribution in [0, 0.1) is 5.92 Å². The lowest BCUT2D eigenvalue weighted by Gasteiger charge is -2.27. The van der Waals surface area contributed by atoms with E-state index in [0.717, 1.165) is 42.1 Å². The molecule has 98 valence electrons. The van der Waals surface area contributed by atoms with Crippen molar-refractivity contribution in [1.82, 2.24) is 4.98 Å². The Kier molecular flexibility index (Phi) is 3.30. The molecule has 0 aliphatic heterocycles. The number of benzene rings is 1. The standard InChI is InChI=1S/C16H18N2O/c17-14-9-2-1-7-12(14)16(19)13-8-3-5-11-6-4-10-18-15(11)13/h3-6,8,10,12,14H,1-2,7,9,17H2. The Bertz CT molecular complexity index is 603. The molecule has 1 saturated carbocycles. The predicted octanol–water partition coefficient (Wildman–Crippen LogP) is 2.94. The molecule has 1 aromatic carbocycles. The van der Waals surface area contributed by atoms with Crippen molar-refractivity contribution < 1.29 is 4.79 Å². The lowest BCUT2D eigenvalue weighted by atomic mass is 9.80. The Balaban J connectivity index is 2.01. The summed E-state index contributed by atoms with van der Waals surface area (Å²) in [6.45, 7) is 0. The number of nitrogens with zero attached hydrogens (tertiary/aromatic N) is 1. The van der Waals surface area contributed by atoms with E-state index in [1.165, 1.54) is 0 Å². The summed E-state index contributed by atoms with van der Waals surface area (Å²) in [6.07, 6.45) is 5.83. The van der Waals surface area contributed by atoms with Crippen molar-refractivity contribution in [2.45, 2.75) is 31.7 Å². The average Bonchev–Trinajstić information content (AvgIpc) is 2.46. The fourth-order valence-corrected chi connectivity index (χ4v) is 2.99. The van der Waals surface area contributed by atoms with E-state index in [9.17, 15) is 4.79 Å². The molecule has 0 saturated heterocycles. The molecule has 0 bridgehead atoms. The number of para-hydroxylation sites is 1. The van der Waals surface area contributed by atoms with Gasteiger partial charge in [-0.1, -0.05) is 31.0 Å². The van der Waals surface area contributed by atoms with Gasteiger partial charge in [-0.2, -0.15) is 0 Å². The molecule has 2 N–H and O–H groups in total. The summed E-state index contributed by atoms with van der Waals surface area (Å²) >= 11 is 0. The molecule has 3 nitrogen and oxygen atoms in total. The first-order chi connectivity index (χ1) is 9.27. The van der Waals surface area contributed by atoms with Gasteiger partial charge >= 0.3 is 0 Å². The number of carbonyl (C=O) groups excluding carboxylic acids is 1. The van der Waals surface area contributed by atoms with Crippen LogP contribution in [0.2, 0.25) is 0 Å². The minimum Gasteiger partial charge on any atom is -0.327 e. The Labute approximate surface area is 112 Å². The minimum absolute atomic E-state index is 0.000202. The number of carbonyl (C=O) groups is 1. The summed E-state index contributed by atoms with van der Waals surface area (Å²) in [4.78, 5) is 17.1. The van der Waals surface area contributed by atoms with Gasteiger partial charge < -0.3 is 5.73 Å². The smallest absolute Gasteiger partial charge is 0.169 e. The van der Waals surface area contributed by atoms with Crippen LogP contribution in [0.25, 0.3) is 10.9 Å². The summed E-state index contributed by atoms with van der Waals surface area (Å²) in [7, 11) is 0. The zero-order valence-electron chi connectivity index (χ0n) is 10.9. The van der Waals surface area contributed by atoms with Crippen molar-refractivity contribution in [3.8, 4) is 0 Å². The van der Waals surface area contributed by atoms with Crippen molar-refractivity contribution in [1.29, 1.82) is 0 Å². The number of aromatic nitrogens is 1. The summed E-state index contributed by atoms with van der Waals surface area (Å²) in [6, 6.07) is 9.66. The van der Waals surface area contributed by atoms with Gasteiger partial charge in [0, 0.05) is 29.1 Å². The molecule has 1 aliphatic rings. The second-order valence-electron chi connectivity index (χ2n) is 5.30. The number of hydrogen-bond acceptors (Lipinski definition) is 3. The molecule has 3 rings (SSSR count). The van der Waals surface area contributed by atoms with Crippen LogP contribution in [0.4, 0.5) is 0 Å². The van der Waals surface area contributed by atoms with E-state index in [0.29, 0.717) is 0 Å². The van der Waals surface area contributed by atoms with E-state index in [4.69, 9.17) is 5.73 Å². The average molecular weight is 254 g/mol. The van der Waals surface area contributed by atoms with Crippen molar-refractivity contribution in [3.05, 3.63) is 42.1 Å². The first-order valence-corrected chi connectivity index (χ1v) is 6.91. The van der Waals surface area contributed by atoms with Gasteiger partial charge in [-0.05, 0) is 25.0 Å². The number of Topliss-reactive ketones (excluding diaryl/α,β-unsaturated/α-hetero) is 1. The zero-order valence-corrected chi connectivity index (χ0v) is 10.9. The van der Waals surface area contributed by atoms with Crippen LogP contribution >= 0.6 is 0 Å². The molecule has 0 radical (unpaired) electrons. The molecule has 19 heavy (non-hydrogen) atoms. The summed E-state index contributed by atoms with van der Waals surface area (Å²) in [5.41, 5.74) is 7.64. The number of nitrogens with two attached hydrogens (primary N) is 1. The van der Waals surface area contributed by atoms with Crippen LogP contribution < -0.4 is 5.73 Å². The van der Waals surface area contributed by atoms with E-state index in [-0.39, 0.29) is 17.7 Å². The largest absolute Gasteiger partial charge is 0.327 e. The van der Waals surface area contributed by atoms with Gasteiger partial charge in [0.1, 0.15) is 0 Å². The molecule has 2 aromatic rings. The quantitative estimate of drug-likeness (QED) is 0.838. The molecule has 1 fully saturated rings. The molecule has 2 atom stereocenters. The topological polar surface area (TPSA) is 56.0 Å². The second kappa shape index (κ2) is 5.10. The molecular weight excluding hydrogens is 236 g/mol. The second-order valence-corrected chi connectivity index (χ2v) is 5.30. The van der Waals surface area contributed by atoms with Crippen molar-refractivity contribution >= 4 is 16.7 Å². The van der Waals surface area contributed by atoms with E-state index < -0.39 is 0 Å². The van der Waals surface area contributed by atoms with Gasteiger partial charge in [-0.25, -0.2) is 0 Å². The maximum absolute atomic E-state index is 12.7. The van der Waals surface area contributed by atoms with Crippen LogP contribution in [-0.2, 0) is 0 Å². The van der Waals surface area contributed by atoms with Crippen LogP contribution in [-0.4, -0.2) is 16.8 Å². The highest BCUT2D eigenvalue weighted by atomic mass is 16.1. The molecule has 2 unspecified atom stereocenters. The van der Waals surface area contributed by atoms with Crippen molar-refractivity contribution in [2.24, 2.45) is 11.7 Å². The molecule has 3 heteroatoms. The first-order valence-electron chi connectivity index (χ1n) is 6.91. The SMILES string of the molecule is NC1CCCCC1C(=O)c1cccc2cccnc12. The maximum Gasteiger partial charge on any atom is 0.169 e. The number of hydrogen-bond donors (Lipinski definition) is 1. The van der Waals surface area contributed by atoms with E-state index >= 15 is 0 Å². The molecule has 0 amide bonds. The van der Waals surface area contributed by atoms with Gasteiger partial charge in [0.05, 0.1) is 5.52 Å². The Morgan fingerprint density at radius 2 is 1.95 bits per heavy atom. The molecular formula is C16H18N2O. The summed E-state index contributed by atoms with van der Waals surface area (Å²) < 4.78 is 0. The third-order valence-corrected chi connectivity index (χ3v) is 4.05. The monoisotopic (exact) mass is 254 g/mol. The highest BCUT2D eigenvalue weighted by Gasteiger charge is 2.29. The van der Waals surface area contributed by atoms with Gasteiger partial charge in [-0.15, -0.1) is 0 Å². The van der Waals surface area contributed by atoms with Gasteiger partial charge in [0.15, 0.2) is 5.78 Å². The van der Waals surface area contributed by atoms with E-state index in [1.54, 1.807) is 6.20 Å². The van der Waals surface area contributed by atoms with Gasteiger partial charge in [0.25, 0.3) is 0 Å². The van der Waals surface area contributed by atoms with Crippen LogP contribution in [0.5, 0.6) is 0 Å². The zero-order chi connectivity index (χ0) is 13.2.